The second kappa shape index (κ2) is 10.3. The lowest BCUT2D eigenvalue weighted by Gasteiger charge is -2.33. The summed E-state index contributed by atoms with van der Waals surface area (Å²) in [5, 5.41) is 7.83. The molecule has 1 saturated heterocycles. The Morgan fingerprint density at radius 2 is 1.97 bits per heavy atom. The van der Waals surface area contributed by atoms with Gasteiger partial charge in [0.1, 0.15) is 12.0 Å². The van der Waals surface area contributed by atoms with Crippen molar-refractivity contribution in [3.63, 3.8) is 0 Å². The molecule has 1 aromatic carbocycles. The third-order valence-electron chi connectivity index (χ3n) is 6.04. The molecule has 2 atom stereocenters. The number of halogens is 4. The molecule has 0 radical (unpaired) electrons. The molecular weight excluding hydrogens is 476 g/mol. The van der Waals surface area contributed by atoms with Crippen LogP contribution in [0.3, 0.4) is 0 Å². The van der Waals surface area contributed by atoms with Crippen molar-refractivity contribution in [3.8, 4) is 11.8 Å². The molecule has 10 heteroatoms. The number of pyridine rings is 1. The number of carbonyl (C=O) groups excluding carboxylic acids is 2. The van der Waals surface area contributed by atoms with Crippen LogP contribution in [0.15, 0.2) is 30.5 Å². The van der Waals surface area contributed by atoms with Crippen LogP contribution in [0.4, 0.5) is 17.6 Å². The van der Waals surface area contributed by atoms with Crippen LogP contribution in [0.5, 0.6) is 0 Å². The van der Waals surface area contributed by atoms with Crippen molar-refractivity contribution in [1.29, 1.82) is 0 Å². The van der Waals surface area contributed by atoms with Gasteiger partial charge in [0.2, 0.25) is 11.8 Å². The number of nitrogens with zero attached hydrogens (tertiary/aromatic N) is 1. The molecule has 3 N–H and O–H groups in total. The monoisotopic (exact) mass is 502 g/mol. The molecule has 190 valence electrons. The lowest BCUT2D eigenvalue weighted by atomic mass is 9.96. The molecule has 36 heavy (non-hydrogen) atoms. The van der Waals surface area contributed by atoms with E-state index in [4.69, 9.17) is 0 Å². The number of rotatable bonds is 5. The summed E-state index contributed by atoms with van der Waals surface area (Å²) in [6.07, 6.45) is -2.68. The summed E-state index contributed by atoms with van der Waals surface area (Å²) >= 11 is 0. The molecule has 2 aromatic rings. The van der Waals surface area contributed by atoms with Crippen LogP contribution in [0, 0.1) is 29.5 Å². The summed E-state index contributed by atoms with van der Waals surface area (Å²) in [6, 6.07) is 4.41. The van der Waals surface area contributed by atoms with E-state index < -0.39 is 41.2 Å². The van der Waals surface area contributed by atoms with Gasteiger partial charge < -0.3 is 10.6 Å². The van der Waals surface area contributed by atoms with Gasteiger partial charge in [-0.2, -0.15) is 13.2 Å². The molecule has 2 fully saturated rings. The average Bonchev–Trinajstić information content (AvgIpc) is 3.65. The fourth-order valence-corrected chi connectivity index (χ4v) is 3.84. The number of amides is 2. The van der Waals surface area contributed by atoms with Crippen molar-refractivity contribution in [2.24, 2.45) is 11.8 Å². The maximum absolute atomic E-state index is 15.5. The summed E-state index contributed by atoms with van der Waals surface area (Å²) in [6.45, 7) is 3.00. The van der Waals surface area contributed by atoms with Crippen LogP contribution in [-0.2, 0) is 22.3 Å². The third kappa shape index (κ3) is 6.02. The fourth-order valence-electron chi connectivity index (χ4n) is 3.84. The van der Waals surface area contributed by atoms with Crippen molar-refractivity contribution >= 4 is 11.8 Å². The lowest BCUT2D eigenvalue weighted by molar-refractivity contribution is -0.139. The van der Waals surface area contributed by atoms with Crippen LogP contribution in [0.2, 0.25) is 0 Å². The molecule has 2 amide bonds. The van der Waals surface area contributed by atoms with E-state index in [1.54, 1.807) is 32.2 Å². The van der Waals surface area contributed by atoms with Gasteiger partial charge in [0, 0.05) is 47.7 Å². The Labute approximate surface area is 206 Å². The third-order valence-corrected chi connectivity index (χ3v) is 6.04. The molecule has 1 aliphatic carbocycles. The number of nitrogens with one attached hydrogen (secondary N) is 3. The smallest absolute Gasteiger partial charge is 0.352 e. The first kappa shape index (κ1) is 25.6. The van der Waals surface area contributed by atoms with Gasteiger partial charge in [-0.1, -0.05) is 31.8 Å². The van der Waals surface area contributed by atoms with Crippen LogP contribution >= 0.6 is 0 Å². The first-order chi connectivity index (χ1) is 17.0. The second-order valence-corrected chi connectivity index (χ2v) is 9.31. The SMILES string of the molecule is CC(C)C(=O)NCc1ccc(C(F)(F)F)c(C2NC(=O)CC(c3ccc(C#CC4CC4)cn3)N2)c1F. The molecule has 0 bridgehead atoms. The fraction of sp³-hybridized carbons (Fsp3) is 0.423. The molecule has 6 nitrogen and oxygen atoms in total. The van der Waals surface area contributed by atoms with Gasteiger partial charge in [0.05, 0.1) is 17.3 Å². The van der Waals surface area contributed by atoms with Gasteiger partial charge >= 0.3 is 6.18 Å². The minimum atomic E-state index is -4.87. The largest absolute Gasteiger partial charge is 0.416 e. The predicted molar refractivity (Wildman–Crippen MR) is 123 cm³/mol. The van der Waals surface area contributed by atoms with Gasteiger partial charge in [-0.25, -0.2) is 4.39 Å². The molecule has 1 aliphatic heterocycles. The van der Waals surface area contributed by atoms with Gasteiger partial charge in [0.15, 0.2) is 0 Å². The van der Waals surface area contributed by atoms with E-state index in [0.29, 0.717) is 17.2 Å². The van der Waals surface area contributed by atoms with Crippen molar-refractivity contribution in [1.82, 2.24) is 20.9 Å². The molecule has 2 unspecified atom stereocenters. The standard InChI is InChI=1S/C26H26F4N4O2/c1-14(2)25(36)32-13-17-8-9-18(26(28,29)30)22(23(17)27)24-33-20(11-21(35)34-24)19-10-7-16(12-31-19)6-5-15-3-4-15/h7-10,12,14-15,20,24,33H,3-4,11,13H2,1-2H3,(H,32,36)(H,34,35). The summed E-state index contributed by atoms with van der Waals surface area (Å²) in [7, 11) is 0. The highest BCUT2D eigenvalue weighted by Crippen LogP contribution is 2.38. The number of alkyl halides is 3. The number of benzene rings is 1. The highest BCUT2D eigenvalue weighted by Gasteiger charge is 2.40. The lowest BCUT2D eigenvalue weighted by Crippen LogP contribution is -2.48. The van der Waals surface area contributed by atoms with E-state index in [2.05, 4.69) is 32.8 Å². The summed E-state index contributed by atoms with van der Waals surface area (Å²) in [5.74, 6) is 4.13. The van der Waals surface area contributed by atoms with Gasteiger partial charge in [-0.3, -0.25) is 19.9 Å². The topological polar surface area (TPSA) is 83.1 Å². The van der Waals surface area contributed by atoms with Crippen LogP contribution in [0.25, 0.3) is 0 Å². The molecule has 4 rings (SSSR count). The van der Waals surface area contributed by atoms with Gasteiger partial charge in [-0.05, 0) is 31.0 Å². The molecule has 1 saturated carbocycles. The van der Waals surface area contributed by atoms with Crippen LogP contribution in [-0.4, -0.2) is 16.8 Å². The zero-order valence-electron chi connectivity index (χ0n) is 19.8. The van der Waals surface area contributed by atoms with Crippen LogP contribution < -0.4 is 16.0 Å². The van der Waals surface area contributed by atoms with E-state index in [1.165, 1.54) is 0 Å². The number of hydrogen-bond acceptors (Lipinski definition) is 4. The molecule has 0 spiro atoms. The molecule has 1 aromatic heterocycles. The summed E-state index contributed by atoms with van der Waals surface area (Å²) in [4.78, 5) is 28.7. The van der Waals surface area contributed by atoms with E-state index >= 15 is 4.39 Å². The Morgan fingerprint density at radius 1 is 1.22 bits per heavy atom. The van der Waals surface area contributed by atoms with Crippen molar-refractivity contribution in [2.45, 2.75) is 58.0 Å². The Bertz CT molecular complexity index is 1210. The first-order valence-electron chi connectivity index (χ1n) is 11.7. The normalized spacial score (nSPS) is 19.9. The van der Waals surface area contributed by atoms with E-state index in [9.17, 15) is 22.8 Å². The van der Waals surface area contributed by atoms with Crippen molar-refractivity contribution in [2.75, 3.05) is 0 Å². The molecule has 2 aliphatic rings. The number of hydrogen-bond donors (Lipinski definition) is 3. The van der Waals surface area contributed by atoms with Gasteiger partial charge in [-0.15, -0.1) is 0 Å². The maximum atomic E-state index is 15.5. The first-order valence-corrected chi connectivity index (χ1v) is 11.7. The van der Waals surface area contributed by atoms with E-state index in [1.807, 2.05) is 0 Å². The minimum Gasteiger partial charge on any atom is -0.352 e. The highest BCUT2D eigenvalue weighted by molar-refractivity contribution is 5.78. The van der Waals surface area contributed by atoms with Crippen LogP contribution in [0.1, 0.15) is 73.3 Å². The van der Waals surface area contributed by atoms with E-state index in [-0.39, 0.29) is 30.4 Å². The Hall–Kier alpha value is -3.45. The van der Waals surface area contributed by atoms with Gasteiger partial charge in [0.25, 0.3) is 0 Å². The average molecular weight is 503 g/mol. The number of carbonyl (C=O) groups is 2. The highest BCUT2D eigenvalue weighted by atomic mass is 19.4. The van der Waals surface area contributed by atoms with Crippen molar-refractivity contribution < 1.29 is 27.2 Å². The minimum absolute atomic E-state index is 0.0797. The van der Waals surface area contributed by atoms with E-state index in [0.717, 1.165) is 25.0 Å². The molecule has 2 heterocycles. The Morgan fingerprint density at radius 3 is 2.58 bits per heavy atom. The summed E-state index contributed by atoms with van der Waals surface area (Å²) in [5.41, 5.74) is -0.938. The summed E-state index contributed by atoms with van der Waals surface area (Å²) < 4.78 is 57.0. The zero-order chi connectivity index (χ0) is 26.0. The quantitative estimate of drug-likeness (QED) is 0.424. The maximum Gasteiger partial charge on any atom is 0.416 e. The Kier molecular flexibility index (Phi) is 7.31. The zero-order valence-corrected chi connectivity index (χ0v) is 19.8. The second-order valence-electron chi connectivity index (χ2n) is 9.31. The molecular formula is C26H26F4N4O2. The van der Waals surface area contributed by atoms with Crippen molar-refractivity contribution in [3.05, 3.63) is 64.2 Å². The predicted octanol–water partition coefficient (Wildman–Crippen LogP) is 4.12. The Balaban J connectivity index is 1.62. The number of aromatic nitrogens is 1.